The van der Waals surface area contributed by atoms with Gasteiger partial charge in [0, 0.05) is 36.0 Å². The van der Waals surface area contributed by atoms with Gasteiger partial charge in [-0.15, -0.1) is 0 Å². The van der Waals surface area contributed by atoms with Crippen molar-refractivity contribution < 1.29 is 9.53 Å². The highest BCUT2D eigenvalue weighted by Crippen LogP contribution is 2.24. The lowest BCUT2D eigenvalue weighted by atomic mass is 9.93. The lowest BCUT2D eigenvalue weighted by Gasteiger charge is -2.27. The quantitative estimate of drug-likeness (QED) is 0.881. The number of carbonyl (C=O) groups is 1. The van der Waals surface area contributed by atoms with Crippen LogP contribution in [0.3, 0.4) is 0 Å². The van der Waals surface area contributed by atoms with Crippen molar-refractivity contribution in [1.82, 2.24) is 15.3 Å². The first-order chi connectivity index (χ1) is 13.2. The van der Waals surface area contributed by atoms with Gasteiger partial charge in [0.05, 0.1) is 18.9 Å². The normalized spacial score (nSPS) is 17.4. The number of carbonyl (C=O) groups excluding carboxylic acids is 1. The van der Waals surface area contributed by atoms with Crippen LogP contribution in [0.2, 0.25) is 0 Å². The molecule has 1 amide bonds. The second-order valence-corrected chi connectivity index (χ2v) is 7.18. The summed E-state index contributed by atoms with van der Waals surface area (Å²) in [5.41, 5.74) is 3.50. The zero-order chi connectivity index (χ0) is 18.6. The summed E-state index contributed by atoms with van der Waals surface area (Å²) in [6, 6.07) is 10.1. The van der Waals surface area contributed by atoms with E-state index in [1.165, 1.54) is 6.42 Å². The number of morpholine rings is 1. The number of hydrogen-bond acceptors (Lipinski definition) is 5. The SMILES string of the molecule is CCc1cc(-c2cccc(C(=O)NC3CCC3)c2)nc(N2CCOCC2)n1. The van der Waals surface area contributed by atoms with Gasteiger partial charge in [-0.2, -0.15) is 0 Å². The Balaban J connectivity index is 1.61. The van der Waals surface area contributed by atoms with Gasteiger partial charge in [0.2, 0.25) is 5.95 Å². The molecule has 0 spiro atoms. The first-order valence-electron chi connectivity index (χ1n) is 9.85. The molecule has 0 radical (unpaired) electrons. The molecule has 1 saturated carbocycles. The fraction of sp³-hybridized carbons (Fsp3) is 0.476. The van der Waals surface area contributed by atoms with Crippen molar-refractivity contribution in [3.05, 3.63) is 41.6 Å². The predicted molar refractivity (Wildman–Crippen MR) is 105 cm³/mol. The van der Waals surface area contributed by atoms with Gasteiger partial charge >= 0.3 is 0 Å². The standard InChI is InChI=1S/C21H26N4O2/c1-2-17-14-19(24-21(23-17)25-9-11-27-12-10-25)15-5-3-6-16(13-15)20(26)22-18-7-4-8-18/h3,5-6,13-14,18H,2,4,7-12H2,1H3,(H,22,26). The number of aryl methyl sites for hydroxylation is 1. The monoisotopic (exact) mass is 366 g/mol. The largest absolute Gasteiger partial charge is 0.378 e. The summed E-state index contributed by atoms with van der Waals surface area (Å²) in [6.07, 6.45) is 4.21. The van der Waals surface area contributed by atoms with Crippen molar-refractivity contribution in [2.24, 2.45) is 0 Å². The number of amides is 1. The molecule has 2 fully saturated rings. The zero-order valence-electron chi connectivity index (χ0n) is 15.8. The fourth-order valence-electron chi connectivity index (χ4n) is 3.36. The third-order valence-electron chi connectivity index (χ3n) is 5.28. The molecule has 4 rings (SSSR count). The molecule has 0 atom stereocenters. The lowest BCUT2D eigenvalue weighted by molar-refractivity contribution is 0.0917. The maximum absolute atomic E-state index is 12.5. The van der Waals surface area contributed by atoms with Gasteiger partial charge in [-0.05, 0) is 43.9 Å². The number of nitrogens with one attached hydrogen (secondary N) is 1. The number of hydrogen-bond donors (Lipinski definition) is 1. The molecule has 0 bridgehead atoms. The minimum absolute atomic E-state index is 0.000256. The lowest BCUT2D eigenvalue weighted by Crippen LogP contribution is -2.39. The highest BCUT2D eigenvalue weighted by atomic mass is 16.5. The molecular weight excluding hydrogens is 340 g/mol. The topological polar surface area (TPSA) is 67.4 Å². The molecule has 2 aliphatic rings. The van der Waals surface area contributed by atoms with Crippen LogP contribution < -0.4 is 10.2 Å². The second kappa shape index (κ2) is 8.05. The first-order valence-corrected chi connectivity index (χ1v) is 9.85. The minimum Gasteiger partial charge on any atom is -0.378 e. The van der Waals surface area contributed by atoms with Gasteiger partial charge in [-0.1, -0.05) is 19.1 Å². The molecule has 1 aliphatic carbocycles. The molecule has 0 unspecified atom stereocenters. The van der Waals surface area contributed by atoms with E-state index in [-0.39, 0.29) is 5.91 Å². The van der Waals surface area contributed by atoms with Gasteiger partial charge in [0.25, 0.3) is 5.91 Å². The van der Waals surface area contributed by atoms with E-state index in [2.05, 4.69) is 17.1 Å². The first kappa shape index (κ1) is 17.9. The van der Waals surface area contributed by atoms with Crippen LogP contribution in [0.5, 0.6) is 0 Å². The summed E-state index contributed by atoms with van der Waals surface area (Å²) in [7, 11) is 0. The Morgan fingerprint density at radius 1 is 1.22 bits per heavy atom. The smallest absolute Gasteiger partial charge is 0.251 e. The summed E-state index contributed by atoms with van der Waals surface area (Å²) in [5.74, 6) is 0.747. The molecule has 27 heavy (non-hydrogen) atoms. The Hall–Kier alpha value is -2.47. The van der Waals surface area contributed by atoms with Crippen LogP contribution in [0.15, 0.2) is 30.3 Å². The van der Waals surface area contributed by atoms with Crippen LogP contribution in [-0.4, -0.2) is 48.2 Å². The molecule has 2 heterocycles. The van der Waals surface area contributed by atoms with Crippen LogP contribution in [-0.2, 0) is 11.2 Å². The average molecular weight is 366 g/mol. The Morgan fingerprint density at radius 2 is 2.04 bits per heavy atom. The highest BCUT2D eigenvalue weighted by molar-refractivity contribution is 5.95. The summed E-state index contributed by atoms with van der Waals surface area (Å²) in [5, 5.41) is 3.10. The Morgan fingerprint density at radius 3 is 2.74 bits per heavy atom. The van der Waals surface area contributed by atoms with Crippen LogP contribution >= 0.6 is 0 Å². The Bertz CT molecular complexity index is 814. The van der Waals surface area contributed by atoms with E-state index >= 15 is 0 Å². The van der Waals surface area contributed by atoms with Crippen LogP contribution in [0.1, 0.15) is 42.2 Å². The zero-order valence-corrected chi connectivity index (χ0v) is 15.8. The van der Waals surface area contributed by atoms with E-state index in [0.717, 1.165) is 55.3 Å². The van der Waals surface area contributed by atoms with Crippen LogP contribution in [0.4, 0.5) is 5.95 Å². The minimum atomic E-state index is -0.000256. The Labute approximate surface area is 160 Å². The van der Waals surface area contributed by atoms with E-state index in [0.29, 0.717) is 24.8 Å². The molecular formula is C21H26N4O2. The number of anilines is 1. The van der Waals surface area contributed by atoms with Crippen molar-refractivity contribution in [3.8, 4) is 11.3 Å². The third kappa shape index (κ3) is 4.11. The van der Waals surface area contributed by atoms with Crippen molar-refractivity contribution in [2.45, 2.75) is 38.6 Å². The summed E-state index contributed by atoms with van der Waals surface area (Å²) < 4.78 is 5.44. The summed E-state index contributed by atoms with van der Waals surface area (Å²) in [4.78, 5) is 24.2. The third-order valence-corrected chi connectivity index (χ3v) is 5.28. The second-order valence-electron chi connectivity index (χ2n) is 7.18. The number of aromatic nitrogens is 2. The van der Waals surface area contributed by atoms with E-state index in [9.17, 15) is 4.79 Å². The van der Waals surface area contributed by atoms with Crippen LogP contribution in [0.25, 0.3) is 11.3 Å². The molecule has 2 aromatic rings. The van der Waals surface area contributed by atoms with Gasteiger partial charge < -0.3 is 15.0 Å². The number of benzene rings is 1. The van der Waals surface area contributed by atoms with E-state index in [1.54, 1.807) is 0 Å². The van der Waals surface area contributed by atoms with E-state index in [1.807, 2.05) is 30.3 Å². The summed E-state index contributed by atoms with van der Waals surface area (Å²) in [6.45, 7) is 5.10. The van der Waals surface area contributed by atoms with Crippen LogP contribution in [0, 0.1) is 0 Å². The van der Waals surface area contributed by atoms with E-state index < -0.39 is 0 Å². The molecule has 6 nitrogen and oxygen atoms in total. The molecule has 1 N–H and O–H groups in total. The molecule has 1 saturated heterocycles. The van der Waals surface area contributed by atoms with Crippen molar-refractivity contribution in [3.63, 3.8) is 0 Å². The van der Waals surface area contributed by atoms with Gasteiger partial charge in [-0.25, -0.2) is 9.97 Å². The van der Waals surface area contributed by atoms with Gasteiger partial charge in [0.1, 0.15) is 0 Å². The maximum Gasteiger partial charge on any atom is 0.251 e. The van der Waals surface area contributed by atoms with E-state index in [4.69, 9.17) is 14.7 Å². The number of rotatable bonds is 5. The fourth-order valence-corrected chi connectivity index (χ4v) is 3.36. The maximum atomic E-state index is 12.5. The van der Waals surface area contributed by atoms with Gasteiger partial charge in [-0.3, -0.25) is 4.79 Å². The highest BCUT2D eigenvalue weighted by Gasteiger charge is 2.21. The average Bonchev–Trinajstić information content (AvgIpc) is 2.71. The van der Waals surface area contributed by atoms with Crippen molar-refractivity contribution >= 4 is 11.9 Å². The van der Waals surface area contributed by atoms with Gasteiger partial charge in [0.15, 0.2) is 0 Å². The van der Waals surface area contributed by atoms with Crippen molar-refractivity contribution in [1.29, 1.82) is 0 Å². The number of nitrogens with zero attached hydrogens (tertiary/aromatic N) is 3. The molecule has 1 aromatic carbocycles. The molecule has 142 valence electrons. The molecule has 1 aliphatic heterocycles. The van der Waals surface area contributed by atoms with Crippen molar-refractivity contribution in [2.75, 3.05) is 31.2 Å². The molecule has 6 heteroatoms. The Kier molecular flexibility index (Phi) is 5.34. The summed E-state index contributed by atoms with van der Waals surface area (Å²) >= 11 is 0. The molecule has 1 aromatic heterocycles. The number of ether oxygens (including phenoxy) is 1. The predicted octanol–water partition coefficient (Wildman–Crippen LogP) is 2.82.